The van der Waals surface area contributed by atoms with Gasteiger partial charge in [0, 0.05) is 11.1 Å². The number of ketones is 1. The Labute approximate surface area is 148 Å². The summed E-state index contributed by atoms with van der Waals surface area (Å²) in [5.74, 6) is 2.11. The van der Waals surface area contributed by atoms with E-state index in [4.69, 9.17) is 12.2 Å². The number of nitrogens with zero attached hydrogens (tertiary/aromatic N) is 1. The Balaban J connectivity index is 2.67. The number of anilines is 1. The van der Waals surface area contributed by atoms with Crippen LogP contribution in [0, 0.1) is 19.3 Å². The normalized spacial score (nSPS) is 10.8. The van der Waals surface area contributed by atoms with Gasteiger partial charge in [0.2, 0.25) is 5.91 Å². The lowest BCUT2D eigenvalue weighted by molar-refractivity contribution is -0.118. The predicted octanol–water partition coefficient (Wildman–Crippen LogP) is 2.93. The summed E-state index contributed by atoms with van der Waals surface area (Å²) < 4.78 is 0. The van der Waals surface area contributed by atoms with Crippen LogP contribution in [0.25, 0.3) is 0 Å². The molecule has 0 aliphatic heterocycles. The number of aryl methyl sites for hydroxylation is 1. The molecule has 0 heterocycles. The van der Waals surface area contributed by atoms with Crippen molar-refractivity contribution in [2.75, 3.05) is 11.4 Å². The molecule has 4 nitrogen and oxygen atoms in total. The Bertz CT molecular complexity index is 833. The van der Waals surface area contributed by atoms with Gasteiger partial charge in [0.25, 0.3) is 0 Å². The molecule has 0 aliphatic rings. The molecule has 2 aromatic carbocycles. The number of carbonyl (C=O) groups is 2. The molecule has 2 rings (SSSR count). The molecule has 1 amide bonds. The van der Waals surface area contributed by atoms with E-state index in [1.807, 2.05) is 19.1 Å². The molecule has 0 bridgehead atoms. The number of hydrogen-bond acceptors (Lipinski definition) is 3. The van der Waals surface area contributed by atoms with Crippen molar-refractivity contribution in [2.45, 2.75) is 26.3 Å². The van der Waals surface area contributed by atoms with Crippen molar-refractivity contribution >= 4 is 17.4 Å². The summed E-state index contributed by atoms with van der Waals surface area (Å²) in [5.41, 5.74) is 7.03. The summed E-state index contributed by atoms with van der Waals surface area (Å²) in [6, 6.07) is 14.3. The van der Waals surface area contributed by atoms with Gasteiger partial charge in [0.15, 0.2) is 5.78 Å². The third-order valence-corrected chi connectivity index (χ3v) is 4.01. The van der Waals surface area contributed by atoms with Crippen LogP contribution in [0.15, 0.2) is 48.5 Å². The summed E-state index contributed by atoms with van der Waals surface area (Å²) in [5, 5.41) is 0. The van der Waals surface area contributed by atoms with Gasteiger partial charge in [-0.25, -0.2) is 0 Å². The van der Waals surface area contributed by atoms with Crippen molar-refractivity contribution < 1.29 is 9.59 Å². The first-order valence-electron chi connectivity index (χ1n) is 8.03. The van der Waals surface area contributed by atoms with Crippen molar-refractivity contribution in [2.24, 2.45) is 5.73 Å². The molecule has 2 aromatic rings. The number of nitrogens with two attached hydrogens (primary N) is 1. The van der Waals surface area contributed by atoms with Crippen LogP contribution in [0.5, 0.6) is 0 Å². The average molecular weight is 334 g/mol. The number of terminal acetylenes is 1. The zero-order valence-corrected chi connectivity index (χ0v) is 14.7. The maximum atomic E-state index is 13.0. The quantitative estimate of drug-likeness (QED) is 0.675. The van der Waals surface area contributed by atoms with E-state index < -0.39 is 5.54 Å². The molecule has 4 heteroatoms. The van der Waals surface area contributed by atoms with E-state index in [0.717, 1.165) is 5.56 Å². The Morgan fingerprint density at radius 1 is 1.16 bits per heavy atom. The summed E-state index contributed by atoms with van der Waals surface area (Å²) in [7, 11) is 0. The largest absolute Gasteiger partial charge is 0.322 e. The molecule has 128 valence electrons. The Morgan fingerprint density at radius 2 is 1.80 bits per heavy atom. The van der Waals surface area contributed by atoms with Gasteiger partial charge in [-0.2, -0.15) is 0 Å². The minimum atomic E-state index is -0.919. The molecule has 25 heavy (non-hydrogen) atoms. The lowest BCUT2D eigenvalue weighted by Crippen LogP contribution is -2.50. The Morgan fingerprint density at radius 3 is 2.36 bits per heavy atom. The average Bonchev–Trinajstić information content (AvgIpc) is 2.62. The summed E-state index contributed by atoms with van der Waals surface area (Å²) in [4.78, 5) is 27.0. The van der Waals surface area contributed by atoms with E-state index in [9.17, 15) is 9.59 Å². The van der Waals surface area contributed by atoms with Gasteiger partial charge in [-0.05, 0) is 32.9 Å². The molecule has 0 fully saturated rings. The fraction of sp³-hybridized carbons (Fsp3) is 0.238. The van der Waals surface area contributed by atoms with Crippen LogP contribution in [0.2, 0.25) is 0 Å². The van der Waals surface area contributed by atoms with Gasteiger partial charge in [0.05, 0.1) is 12.2 Å². The predicted molar refractivity (Wildman–Crippen MR) is 101 cm³/mol. The van der Waals surface area contributed by atoms with Crippen LogP contribution >= 0.6 is 0 Å². The first-order chi connectivity index (χ1) is 11.8. The van der Waals surface area contributed by atoms with Crippen molar-refractivity contribution in [1.29, 1.82) is 0 Å². The topological polar surface area (TPSA) is 63.4 Å². The van der Waals surface area contributed by atoms with E-state index in [0.29, 0.717) is 16.8 Å². The number of hydrogen-bond donors (Lipinski definition) is 1. The van der Waals surface area contributed by atoms with Gasteiger partial charge in [-0.3, -0.25) is 14.5 Å². The molecule has 0 aromatic heterocycles. The highest BCUT2D eigenvalue weighted by Gasteiger charge is 2.32. The van der Waals surface area contributed by atoms with E-state index >= 15 is 0 Å². The van der Waals surface area contributed by atoms with Crippen LogP contribution < -0.4 is 10.6 Å². The first kappa shape index (κ1) is 18.4. The molecule has 2 N–H and O–H groups in total. The molecule has 0 radical (unpaired) electrons. The van der Waals surface area contributed by atoms with Gasteiger partial charge in [-0.1, -0.05) is 47.9 Å². The van der Waals surface area contributed by atoms with Gasteiger partial charge in [0.1, 0.15) is 5.54 Å². The van der Waals surface area contributed by atoms with Crippen LogP contribution in [-0.2, 0) is 4.79 Å². The fourth-order valence-electron chi connectivity index (χ4n) is 2.67. The third-order valence-electron chi connectivity index (χ3n) is 4.01. The number of carbonyl (C=O) groups excluding carboxylic acids is 2. The maximum absolute atomic E-state index is 13.0. The minimum Gasteiger partial charge on any atom is -0.322 e. The van der Waals surface area contributed by atoms with Crippen molar-refractivity contribution in [3.8, 4) is 12.3 Å². The molecule has 0 spiro atoms. The SMILES string of the molecule is C#CC(C)(C)N(C(=O)CN)c1ccc(C)cc1C(=O)c1ccccc1. The lowest BCUT2D eigenvalue weighted by atomic mass is 9.95. The van der Waals surface area contributed by atoms with E-state index in [1.54, 1.807) is 50.2 Å². The maximum Gasteiger partial charge on any atom is 0.242 e. The van der Waals surface area contributed by atoms with Crippen LogP contribution in [0.1, 0.15) is 35.3 Å². The molecule has 0 unspecified atom stereocenters. The zero-order chi connectivity index (χ0) is 18.6. The summed E-state index contributed by atoms with van der Waals surface area (Å²) in [6.45, 7) is 5.19. The number of benzene rings is 2. The van der Waals surface area contributed by atoms with Crippen molar-refractivity contribution in [1.82, 2.24) is 0 Å². The van der Waals surface area contributed by atoms with E-state index in [2.05, 4.69) is 5.92 Å². The van der Waals surface area contributed by atoms with Crippen molar-refractivity contribution in [3.63, 3.8) is 0 Å². The molecule has 0 atom stereocenters. The van der Waals surface area contributed by atoms with E-state index in [-0.39, 0.29) is 18.2 Å². The second-order valence-corrected chi connectivity index (χ2v) is 6.35. The molecule has 0 saturated heterocycles. The highest BCUT2D eigenvalue weighted by atomic mass is 16.2. The molecule has 0 saturated carbocycles. The van der Waals surface area contributed by atoms with Crippen molar-refractivity contribution in [3.05, 3.63) is 65.2 Å². The molecular formula is C21H22N2O2. The van der Waals surface area contributed by atoms with E-state index in [1.165, 1.54) is 4.90 Å². The van der Waals surface area contributed by atoms with Crippen LogP contribution in [-0.4, -0.2) is 23.8 Å². The van der Waals surface area contributed by atoms with Crippen LogP contribution in [0.3, 0.4) is 0 Å². The second-order valence-electron chi connectivity index (χ2n) is 6.35. The summed E-state index contributed by atoms with van der Waals surface area (Å²) in [6.07, 6.45) is 5.63. The Hall–Kier alpha value is -2.90. The molecular weight excluding hydrogens is 312 g/mol. The highest BCUT2D eigenvalue weighted by molar-refractivity contribution is 6.14. The first-order valence-corrected chi connectivity index (χ1v) is 8.03. The Kier molecular flexibility index (Phi) is 5.41. The number of amides is 1. The lowest BCUT2D eigenvalue weighted by Gasteiger charge is -2.35. The van der Waals surface area contributed by atoms with Gasteiger partial charge >= 0.3 is 0 Å². The van der Waals surface area contributed by atoms with Gasteiger partial charge < -0.3 is 5.73 Å². The highest BCUT2D eigenvalue weighted by Crippen LogP contribution is 2.30. The van der Waals surface area contributed by atoms with Crippen LogP contribution in [0.4, 0.5) is 5.69 Å². The summed E-state index contributed by atoms with van der Waals surface area (Å²) >= 11 is 0. The monoisotopic (exact) mass is 334 g/mol. The van der Waals surface area contributed by atoms with Gasteiger partial charge in [-0.15, -0.1) is 6.42 Å². The standard InChI is InChI=1S/C21H22N2O2/c1-5-21(3,4)23(19(24)14-22)18-12-11-15(2)13-17(18)20(25)16-9-7-6-8-10-16/h1,6-13H,14,22H2,2-4H3. The number of rotatable bonds is 5. The zero-order valence-electron chi connectivity index (χ0n) is 14.7. The minimum absolute atomic E-state index is 0.165. The third kappa shape index (κ3) is 3.78. The fourth-order valence-corrected chi connectivity index (χ4v) is 2.67. The second kappa shape index (κ2) is 7.33. The molecule has 0 aliphatic carbocycles. The smallest absolute Gasteiger partial charge is 0.242 e.